The van der Waals surface area contributed by atoms with Crippen LogP contribution in [0.2, 0.25) is 5.02 Å². The van der Waals surface area contributed by atoms with E-state index in [2.05, 4.69) is 10.4 Å². The van der Waals surface area contributed by atoms with Crippen molar-refractivity contribution < 1.29 is 9.53 Å². The summed E-state index contributed by atoms with van der Waals surface area (Å²) in [5.74, 6) is 0.812. The van der Waals surface area contributed by atoms with Gasteiger partial charge in [0.25, 0.3) is 5.91 Å². The average molecular weight is 489 g/mol. The molecule has 0 spiro atoms. The van der Waals surface area contributed by atoms with E-state index < -0.39 is 0 Å². The van der Waals surface area contributed by atoms with Gasteiger partial charge < -0.3 is 10.1 Å². The topological polar surface area (TPSA) is 69.0 Å². The molecule has 8 heteroatoms. The van der Waals surface area contributed by atoms with Crippen LogP contribution < -0.4 is 10.1 Å². The van der Waals surface area contributed by atoms with E-state index >= 15 is 0 Å². The predicted molar refractivity (Wildman–Crippen MR) is 137 cm³/mol. The molecule has 0 radical (unpaired) electrons. The average Bonchev–Trinajstić information content (AvgIpc) is 3.46. The first-order chi connectivity index (χ1) is 16.5. The number of benzene rings is 3. The number of fused-ring (bicyclic) bond motifs is 1. The van der Waals surface area contributed by atoms with Gasteiger partial charge in [0, 0.05) is 22.0 Å². The first-order valence-corrected chi connectivity index (χ1v) is 12.0. The molecule has 0 fully saturated rings. The second-order valence-electron chi connectivity index (χ2n) is 7.65. The molecular formula is C26H21ClN4O2S. The molecule has 34 heavy (non-hydrogen) atoms. The lowest BCUT2D eigenvalue weighted by Gasteiger charge is -2.14. The molecule has 0 unspecified atom stereocenters. The Balaban J connectivity index is 1.50. The first-order valence-electron chi connectivity index (χ1n) is 10.8. The third-order valence-corrected chi connectivity index (χ3v) is 6.37. The lowest BCUT2D eigenvalue weighted by atomic mass is 10.0. The number of nitrogens with zero attached hydrogens (tertiary/aromatic N) is 3. The molecule has 5 rings (SSSR count). The number of amides is 1. The van der Waals surface area contributed by atoms with Crippen LogP contribution in [0.15, 0.2) is 72.1 Å². The third kappa shape index (κ3) is 4.27. The van der Waals surface area contributed by atoms with Gasteiger partial charge in [-0.3, -0.25) is 4.79 Å². The number of hydrogen-bond acceptors (Lipinski definition) is 5. The Morgan fingerprint density at radius 1 is 1.12 bits per heavy atom. The molecule has 0 saturated carbocycles. The van der Waals surface area contributed by atoms with Crippen LogP contribution in [0.25, 0.3) is 27.2 Å². The summed E-state index contributed by atoms with van der Waals surface area (Å²) in [5, 5.41) is 12.7. The number of aryl methyl sites for hydroxylation is 1. The van der Waals surface area contributed by atoms with Crippen molar-refractivity contribution >= 4 is 45.4 Å². The lowest BCUT2D eigenvalue weighted by Crippen LogP contribution is -2.17. The van der Waals surface area contributed by atoms with E-state index in [1.807, 2.05) is 86.0 Å². The Bertz CT molecular complexity index is 1490. The van der Waals surface area contributed by atoms with E-state index in [-0.39, 0.29) is 5.91 Å². The minimum Gasteiger partial charge on any atom is -0.493 e. The maximum Gasteiger partial charge on any atom is 0.261 e. The number of ether oxygens (including phenoxy) is 1. The Hall–Kier alpha value is -3.68. The number of hydrogen-bond donors (Lipinski definition) is 1. The van der Waals surface area contributed by atoms with E-state index in [0.29, 0.717) is 33.9 Å². The number of carbonyl (C=O) groups excluding carboxylic acids is 1. The summed E-state index contributed by atoms with van der Waals surface area (Å²) in [5.41, 5.74) is 3.03. The molecular weight excluding hydrogens is 468 g/mol. The van der Waals surface area contributed by atoms with E-state index in [1.165, 1.54) is 11.3 Å². The van der Waals surface area contributed by atoms with Gasteiger partial charge in [-0.25, -0.2) is 4.98 Å². The summed E-state index contributed by atoms with van der Waals surface area (Å²) in [6.07, 6.45) is 0. The molecule has 2 heterocycles. The van der Waals surface area contributed by atoms with Crippen LogP contribution in [0, 0.1) is 6.92 Å². The van der Waals surface area contributed by atoms with Crippen LogP contribution in [0.3, 0.4) is 0 Å². The van der Waals surface area contributed by atoms with Gasteiger partial charge in [-0.1, -0.05) is 54.1 Å². The Labute approximate surface area is 205 Å². The summed E-state index contributed by atoms with van der Waals surface area (Å²) in [6, 6.07) is 20.9. The number of halogens is 1. The fourth-order valence-electron chi connectivity index (χ4n) is 3.79. The highest BCUT2D eigenvalue weighted by molar-refractivity contribution is 7.12. The number of carbonyl (C=O) groups is 1. The van der Waals surface area contributed by atoms with Crippen molar-refractivity contribution in [2.24, 2.45) is 0 Å². The van der Waals surface area contributed by atoms with Crippen molar-refractivity contribution in [3.63, 3.8) is 0 Å². The summed E-state index contributed by atoms with van der Waals surface area (Å²) < 4.78 is 7.44. The second-order valence-corrected chi connectivity index (χ2v) is 8.92. The number of thiazole rings is 1. The minimum atomic E-state index is -0.268. The Morgan fingerprint density at radius 2 is 1.91 bits per heavy atom. The van der Waals surface area contributed by atoms with Gasteiger partial charge in [0.15, 0.2) is 0 Å². The quantitative estimate of drug-likeness (QED) is 0.286. The standard InChI is InChI=1S/C26H21ClN4O2S/c1-3-33-22-13-10-17-6-4-5-7-20(17)24(22)25(32)29-23-14-16(2)30-31(23)26-28-21(15-34-26)18-8-11-19(27)12-9-18/h4-15H,3H2,1-2H3,(H,29,32). The summed E-state index contributed by atoms with van der Waals surface area (Å²) in [6.45, 7) is 4.24. The zero-order valence-electron chi connectivity index (χ0n) is 18.6. The highest BCUT2D eigenvalue weighted by Crippen LogP contribution is 2.31. The van der Waals surface area contributed by atoms with Crippen LogP contribution in [0.5, 0.6) is 5.75 Å². The van der Waals surface area contributed by atoms with Gasteiger partial charge in [-0.2, -0.15) is 9.78 Å². The van der Waals surface area contributed by atoms with E-state index in [9.17, 15) is 4.79 Å². The van der Waals surface area contributed by atoms with E-state index in [1.54, 1.807) is 4.68 Å². The molecule has 5 aromatic rings. The summed E-state index contributed by atoms with van der Waals surface area (Å²) in [7, 11) is 0. The van der Waals surface area contributed by atoms with Crippen LogP contribution in [-0.2, 0) is 0 Å². The summed E-state index contributed by atoms with van der Waals surface area (Å²) >= 11 is 7.46. The van der Waals surface area contributed by atoms with E-state index in [4.69, 9.17) is 21.3 Å². The molecule has 0 atom stereocenters. The van der Waals surface area contributed by atoms with Crippen molar-refractivity contribution in [1.29, 1.82) is 0 Å². The molecule has 3 aromatic carbocycles. The highest BCUT2D eigenvalue weighted by atomic mass is 35.5. The normalized spacial score (nSPS) is 11.0. The number of anilines is 1. The van der Waals surface area contributed by atoms with Gasteiger partial charge in [-0.15, -0.1) is 11.3 Å². The van der Waals surface area contributed by atoms with Crippen molar-refractivity contribution in [2.75, 3.05) is 11.9 Å². The second kappa shape index (κ2) is 9.29. The maximum atomic E-state index is 13.5. The first kappa shape index (κ1) is 22.1. The van der Waals surface area contributed by atoms with Crippen LogP contribution in [-0.4, -0.2) is 27.3 Å². The molecule has 0 aliphatic heterocycles. The monoisotopic (exact) mass is 488 g/mol. The van der Waals surface area contributed by atoms with Gasteiger partial charge in [-0.05, 0) is 42.8 Å². The fraction of sp³-hybridized carbons (Fsp3) is 0.115. The number of rotatable bonds is 6. The molecule has 2 aromatic heterocycles. The van der Waals surface area contributed by atoms with Gasteiger partial charge in [0.2, 0.25) is 5.13 Å². The molecule has 1 amide bonds. The zero-order valence-corrected chi connectivity index (χ0v) is 20.2. The molecule has 0 aliphatic carbocycles. The maximum absolute atomic E-state index is 13.5. The Kier molecular flexibility index (Phi) is 6.04. The number of nitrogens with one attached hydrogen (secondary N) is 1. The van der Waals surface area contributed by atoms with Gasteiger partial charge >= 0.3 is 0 Å². The zero-order chi connectivity index (χ0) is 23.7. The summed E-state index contributed by atoms with van der Waals surface area (Å²) in [4.78, 5) is 18.2. The van der Waals surface area contributed by atoms with Crippen molar-refractivity contribution in [2.45, 2.75) is 13.8 Å². The molecule has 1 N–H and O–H groups in total. The molecule has 0 aliphatic rings. The number of aromatic nitrogens is 3. The molecule has 0 bridgehead atoms. The van der Waals surface area contributed by atoms with Crippen molar-refractivity contribution in [1.82, 2.24) is 14.8 Å². The van der Waals surface area contributed by atoms with Crippen molar-refractivity contribution in [3.8, 4) is 22.1 Å². The predicted octanol–water partition coefficient (Wildman–Crippen LogP) is 6.76. The minimum absolute atomic E-state index is 0.268. The van der Waals surface area contributed by atoms with Crippen LogP contribution in [0.4, 0.5) is 5.82 Å². The largest absolute Gasteiger partial charge is 0.493 e. The van der Waals surface area contributed by atoms with Crippen molar-refractivity contribution in [3.05, 3.63) is 88.4 Å². The third-order valence-electron chi connectivity index (χ3n) is 5.30. The van der Waals surface area contributed by atoms with Gasteiger partial charge in [0.05, 0.1) is 23.6 Å². The fourth-order valence-corrected chi connectivity index (χ4v) is 4.71. The van der Waals surface area contributed by atoms with Crippen LogP contribution >= 0.6 is 22.9 Å². The SMILES string of the molecule is CCOc1ccc2ccccc2c1C(=O)Nc1cc(C)nn1-c1nc(-c2ccc(Cl)cc2)cs1. The molecule has 170 valence electrons. The molecule has 0 saturated heterocycles. The molecule has 6 nitrogen and oxygen atoms in total. The Morgan fingerprint density at radius 3 is 2.71 bits per heavy atom. The van der Waals surface area contributed by atoms with Crippen LogP contribution in [0.1, 0.15) is 23.0 Å². The highest BCUT2D eigenvalue weighted by Gasteiger charge is 2.20. The van der Waals surface area contributed by atoms with E-state index in [0.717, 1.165) is 27.7 Å². The smallest absolute Gasteiger partial charge is 0.261 e. The van der Waals surface area contributed by atoms with Gasteiger partial charge in [0.1, 0.15) is 11.6 Å². The lowest BCUT2D eigenvalue weighted by molar-refractivity contribution is 0.102.